The van der Waals surface area contributed by atoms with Crippen molar-refractivity contribution in [1.29, 1.82) is 0 Å². The van der Waals surface area contributed by atoms with E-state index < -0.39 is 16.0 Å². The van der Waals surface area contributed by atoms with Gasteiger partial charge in [0.25, 0.3) is 10.0 Å². The summed E-state index contributed by atoms with van der Waals surface area (Å²) in [5, 5.41) is 0.406. The second kappa shape index (κ2) is 5.98. The number of methoxy groups -OCH3 is 1. The molecular formula is C16H17NO4S2. The van der Waals surface area contributed by atoms with Crippen molar-refractivity contribution >= 4 is 32.3 Å². The van der Waals surface area contributed by atoms with Gasteiger partial charge in [-0.2, -0.15) is 0 Å². The number of fused-ring (bicyclic) bond motifs is 1. The zero-order valence-electron chi connectivity index (χ0n) is 12.9. The molecule has 0 unspecified atom stereocenters. The van der Waals surface area contributed by atoms with Crippen molar-refractivity contribution in [3.63, 3.8) is 0 Å². The van der Waals surface area contributed by atoms with Crippen LogP contribution >= 0.6 is 11.3 Å². The number of hydrogen-bond acceptors (Lipinski definition) is 5. The van der Waals surface area contributed by atoms with Crippen molar-refractivity contribution in [2.24, 2.45) is 0 Å². The van der Waals surface area contributed by atoms with Crippen LogP contribution in [0.2, 0.25) is 0 Å². The third-order valence-electron chi connectivity index (χ3n) is 3.90. The maximum atomic E-state index is 12.5. The maximum absolute atomic E-state index is 12.5. The fourth-order valence-electron chi connectivity index (χ4n) is 2.73. The highest BCUT2D eigenvalue weighted by atomic mass is 32.2. The summed E-state index contributed by atoms with van der Waals surface area (Å²) < 4.78 is 32.3. The molecule has 1 heterocycles. The van der Waals surface area contributed by atoms with Crippen molar-refractivity contribution in [1.82, 2.24) is 0 Å². The highest BCUT2D eigenvalue weighted by Crippen LogP contribution is 2.30. The topological polar surface area (TPSA) is 72.5 Å². The van der Waals surface area contributed by atoms with Crippen molar-refractivity contribution in [2.45, 2.75) is 31.1 Å². The zero-order chi connectivity index (χ0) is 16.6. The van der Waals surface area contributed by atoms with E-state index in [0.717, 1.165) is 36.2 Å². The fourth-order valence-corrected chi connectivity index (χ4v) is 5.06. The molecule has 1 aliphatic rings. The monoisotopic (exact) mass is 351 g/mol. The lowest BCUT2D eigenvalue weighted by Crippen LogP contribution is -2.12. The Bertz CT molecular complexity index is 868. The third-order valence-corrected chi connectivity index (χ3v) is 6.53. The molecule has 3 rings (SSSR count). The molecule has 0 amide bonds. The molecule has 122 valence electrons. The van der Waals surface area contributed by atoms with E-state index in [2.05, 4.69) is 9.46 Å². The summed E-state index contributed by atoms with van der Waals surface area (Å²) in [5.41, 5.74) is 3.02. The van der Waals surface area contributed by atoms with E-state index in [-0.39, 0.29) is 4.90 Å². The van der Waals surface area contributed by atoms with E-state index in [1.54, 1.807) is 25.1 Å². The average molecular weight is 351 g/mol. The highest BCUT2D eigenvalue weighted by molar-refractivity contribution is 7.93. The first-order valence-corrected chi connectivity index (χ1v) is 9.54. The smallest absolute Gasteiger partial charge is 0.348 e. The van der Waals surface area contributed by atoms with E-state index in [0.29, 0.717) is 15.4 Å². The summed E-state index contributed by atoms with van der Waals surface area (Å²) in [5.74, 6) is -0.463. The normalized spacial score (nSPS) is 13.7. The Morgan fingerprint density at radius 1 is 1.22 bits per heavy atom. The number of hydrogen-bond donors (Lipinski definition) is 1. The molecule has 0 atom stereocenters. The van der Waals surface area contributed by atoms with Gasteiger partial charge in [0.2, 0.25) is 0 Å². The number of thiophene rings is 1. The van der Waals surface area contributed by atoms with Gasteiger partial charge in [0, 0.05) is 0 Å². The summed E-state index contributed by atoms with van der Waals surface area (Å²) in [6.45, 7) is 1.75. The molecule has 0 bridgehead atoms. The van der Waals surface area contributed by atoms with Crippen LogP contribution < -0.4 is 4.72 Å². The Hall–Kier alpha value is -1.86. The molecule has 0 spiro atoms. The van der Waals surface area contributed by atoms with Gasteiger partial charge in [-0.25, -0.2) is 13.2 Å². The van der Waals surface area contributed by atoms with E-state index >= 15 is 0 Å². The van der Waals surface area contributed by atoms with Crippen LogP contribution in [0, 0.1) is 6.92 Å². The van der Waals surface area contributed by atoms with Gasteiger partial charge in [0.15, 0.2) is 0 Å². The fraction of sp³-hybridized carbons (Fsp3) is 0.312. The van der Waals surface area contributed by atoms with Crippen LogP contribution in [-0.4, -0.2) is 21.5 Å². The Labute approximate surface area is 139 Å². The number of ether oxygens (including phenoxy) is 1. The summed E-state index contributed by atoms with van der Waals surface area (Å²) in [6, 6.07) is 6.90. The minimum atomic E-state index is -3.66. The van der Waals surface area contributed by atoms with Gasteiger partial charge < -0.3 is 4.74 Å². The Kier molecular flexibility index (Phi) is 4.16. The molecule has 2 aromatic rings. The van der Waals surface area contributed by atoms with Crippen LogP contribution in [0.25, 0.3) is 0 Å². The molecule has 0 saturated carbocycles. The summed E-state index contributed by atoms with van der Waals surface area (Å²) in [7, 11) is -2.36. The number of nitrogens with one attached hydrogen (secondary N) is 1. The number of aryl methyl sites for hydroxylation is 3. The number of sulfonamides is 1. The van der Waals surface area contributed by atoms with Gasteiger partial charge >= 0.3 is 5.97 Å². The molecule has 23 heavy (non-hydrogen) atoms. The van der Waals surface area contributed by atoms with Gasteiger partial charge in [0.05, 0.1) is 12.0 Å². The Balaban J connectivity index is 1.88. The Morgan fingerprint density at radius 3 is 2.70 bits per heavy atom. The van der Waals surface area contributed by atoms with E-state index in [1.165, 1.54) is 12.7 Å². The number of rotatable bonds is 4. The lowest BCUT2D eigenvalue weighted by Gasteiger charge is -2.08. The van der Waals surface area contributed by atoms with Crippen LogP contribution in [0.15, 0.2) is 29.2 Å². The van der Waals surface area contributed by atoms with Crippen LogP contribution in [0.5, 0.6) is 0 Å². The van der Waals surface area contributed by atoms with Gasteiger partial charge in [-0.15, -0.1) is 11.3 Å². The zero-order valence-corrected chi connectivity index (χ0v) is 14.5. The summed E-state index contributed by atoms with van der Waals surface area (Å²) in [4.78, 5) is 12.3. The molecule has 0 fully saturated rings. The lowest BCUT2D eigenvalue weighted by atomic mass is 10.1. The number of esters is 1. The molecule has 0 aliphatic heterocycles. The van der Waals surface area contributed by atoms with E-state index in [4.69, 9.17) is 0 Å². The van der Waals surface area contributed by atoms with Gasteiger partial charge in [0.1, 0.15) is 9.88 Å². The quantitative estimate of drug-likeness (QED) is 0.859. The molecular weight excluding hydrogens is 334 g/mol. The molecule has 1 aromatic heterocycles. The first kappa shape index (κ1) is 16.0. The van der Waals surface area contributed by atoms with Crippen molar-refractivity contribution in [3.8, 4) is 0 Å². The molecule has 1 N–H and O–H groups in total. The Morgan fingerprint density at radius 2 is 1.96 bits per heavy atom. The second-order valence-electron chi connectivity index (χ2n) is 5.50. The summed E-state index contributed by atoms with van der Waals surface area (Å²) in [6.07, 6.45) is 3.00. The minimum Gasteiger partial charge on any atom is -0.465 e. The van der Waals surface area contributed by atoms with Gasteiger partial charge in [-0.1, -0.05) is 6.07 Å². The van der Waals surface area contributed by atoms with Gasteiger partial charge in [-0.3, -0.25) is 4.72 Å². The lowest BCUT2D eigenvalue weighted by molar-refractivity contribution is 0.0605. The first-order valence-electron chi connectivity index (χ1n) is 7.24. The maximum Gasteiger partial charge on any atom is 0.348 e. The van der Waals surface area contributed by atoms with Crippen molar-refractivity contribution < 1.29 is 17.9 Å². The van der Waals surface area contributed by atoms with E-state index in [1.807, 2.05) is 6.07 Å². The molecule has 0 saturated heterocycles. The SMILES string of the molecule is COC(=O)c1sc(NS(=O)(=O)c2ccc3c(c2)CCC3)cc1C. The highest BCUT2D eigenvalue weighted by Gasteiger charge is 2.21. The predicted octanol–water partition coefficient (Wildman–Crippen LogP) is 3.13. The molecule has 5 nitrogen and oxygen atoms in total. The summed E-state index contributed by atoms with van der Waals surface area (Å²) >= 11 is 1.07. The average Bonchev–Trinajstić information content (AvgIpc) is 3.11. The second-order valence-corrected chi connectivity index (χ2v) is 8.24. The van der Waals surface area contributed by atoms with Crippen LogP contribution in [0.1, 0.15) is 32.8 Å². The number of anilines is 1. The van der Waals surface area contributed by atoms with Crippen molar-refractivity contribution in [3.05, 3.63) is 45.8 Å². The number of carbonyl (C=O) groups is 1. The molecule has 0 radical (unpaired) electrons. The molecule has 1 aliphatic carbocycles. The van der Waals surface area contributed by atoms with Crippen molar-refractivity contribution in [2.75, 3.05) is 11.8 Å². The number of carbonyl (C=O) groups excluding carboxylic acids is 1. The standard InChI is InChI=1S/C16H17NO4S2/c1-10-8-14(22-15(10)16(18)21-2)17-23(19,20)13-7-6-11-4-3-5-12(11)9-13/h6-9,17H,3-5H2,1-2H3. The van der Waals surface area contributed by atoms with Crippen LogP contribution in [0.3, 0.4) is 0 Å². The third kappa shape index (κ3) is 3.11. The van der Waals surface area contributed by atoms with Crippen LogP contribution in [-0.2, 0) is 27.6 Å². The number of benzene rings is 1. The largest absolute Gasteiger partial charge is 0.465 e. The molecule has 1 aromatic carbocycles. The first-order chi connectivity index (χ1) is 10.9. The van der Waals surface area contributed by atoms with Crippen LogP contribution in [0.4, 0.5) is 5.00 Å². The predicted molar refractivity (Wildman–Crippen MR) is 89.7 cm³/mol. The molecule has 7 heteroatoms. The van der Waals surface area contributed by atoms with E-state index in [9.17, 15) is 13.2 Å². The van der Waals surface area contributed by atoms with Gasteiger partial charge in [-0.05, 0) is 61.1 Å². The minimum absolute atomic E-state index is 0.254.